The van der Waals surface area contributed by atoms with Crippen molar-refractivity contribution in [1.82, 2.24) is 9.55 Å². The van der Waals surface area contributed by atoms with E-state index in [0.717, 1.165) is 16.9 Å². The van der Waals surface area contributed by atoms with Crippen LogP contribution in [0.25, 0.3) is 11.0 Å². The van der Waals surface area contributed by atoms with Gasteiger partial charge in [0.1, 0.15) is 5.82 Å². The van der Waals surface area contributed by atoms with Crippen molar-refractivity contribution in [2.24, 2.45) is 5.92 Å². The molecule has 1 aliphatic carbocycles. The lowest BCUT2D eigenvalue weighted by molar-refractivity contribution is -0.0473. The molecule has 1 aromatic carbocycles. The molecule has 0 bridgehead atoms. The summed E-state index contributed by atoms with van der Waals surface area (Å²) in [6.07, 6.45) is 0.898. The molecule has 162 valence electrons. The van der Waals surface area contributed by atoms with Crippen molar-refractivity contribution < 1.29 is 17.2 Å². The van der Waals surface area contributed by atoms with Crippen LogP contribution < -0.4 is 4.31 Å². The molecule has 29 heavy (non-hydrogen) atoms. The number of alkyl halides is 2. The minimum absolute atomic E-state index is 0.0233. The molecular formula is C21H31F2N3O2S. The average Bonchev–Trinajstić information content (AvgIpc) is 3.01. The summed E-state index contributed by atoms with van der Waals surface area (Å²) in [7, 11) is -1.81. The SMILES string of the molecule is CCS(=O)(=O)N(C)c1ccc2c(c1)nc(C(C)(C)C)n2CC1CCC(F)(F)CC1. The van der Waals surface area contributed by atoms with Crippen LogP contribution in [-0.4, -0.2) is 36.7 Å². The number of hydrogen-bond donors (Lipinski definition) is 0. The molecule has 5 nitrogen and oxygen atoms in total. The first kappa shape index (κ1) is 22.0. The second-order valence-corrected chi connectivity index (χ2v) is 11.4. The van der Waals surface area contributed by atoms with Gasteiger partial charge in [-0.3, -0.25) is 4.31 Å². The fraction of sp³-hybridized carbons (Fsp3) is 0.667. The number of benzene rings is 1. The predicted octanol–water partition coefficient (Wildman–Crippen LogP) is 4.95. The number of anilines is 1. The zero-order valence-electron chi connectivity index (χ0n) is 17.9. The molecule has 1 aromatic heterocycles. The first-order valence-corrected chi connectivity index (χ1v) is 11.8. The molecule has 0 amide bonds. The van der Waals surface area contributed by atoms with E-state index < -0.39 is 15.9 Å². The Morgan fingerprint density at radius 1 is 1.24 bits per heavy atom. The zero-order chi connectivity index (χ0) is 21.6. The smallest absolute Gasteiger partial charge is 0.248 e. The van der Waals surface area contributed by atoms with E-state index in [-0.39, 0.29) is 29.9 Å². The van der Waals surface area contributed by atoms with Gasteiger partial charge in [-0.25, -0.2) is 22.2 Å². The van der Waals surface area contributed by atoms with E-state index >= 15 is 0 Å². The number of halogens is 2. The Balaban J connectivity index is 2.00. The van der Waals surface area contributed by atoms with Crippen molar-refractivity contribution >= 4 is 26.7 Å². The molecule has 0 atom stereocenters. The van der Waals surface area contributed by atoms with E-state index in [1.807, 2.05) is 6.07 Å². The number of nitrogens with zero attached hydrogens (tertiary/aromatic N) is 3. The van der Waals surface area contributed by atoms with Crippen molar-refractivity contribution in [2.45, 2.75) is 71.3 Å². The van der Waals surface area contributed by atoms with Gasteiger partial charge in [0, 0.05) is 31.8 Å². The molecule has 0 radical (unpaired) electrons. The summed E-state index contributed by atoms with van der Waals surface area (Å²) in [6.45, 7) is 8.50. The monoisotopic (exact) mass is 427 g/mol. The molecule has 1 aliphatic rings. The summed E-state index contributed by atoms with van der Waals surface area (Å²) in [5.74, 6) is -1.43. The van der Waals surface area contributed by atoms with Crippen LogP contribution in [0.2, 0.25) is 0 Å². The number of hydrogen-bond acceptors (Lipinski definition) is 3. The molecule has 0 N–H and O–H groups in total. The molecule has 2 aromatic rings. The standard InChI is InChI=1S/C21H31F2N3O2S/c1-6-29(27,28)25(5)16-7-8-18-17(13-16)24-19(20(2,3)4)26(18)14-15-9-11-21(22,23)12-10-15/h7-8,13,15H,6,9-12,14H2,1-5H3. The third-order valence-electron chi connectivity index (χ3n) is 5.83. The molecule has 0 unspecified atom stereocenters. The largest absolute Gasteiger partial charge is 0.327 e. The summed E-state index contributed by atoms with van der Waals surface area (Å²) in [6, 6.07) is 5.48. The molecule has 1 fully saturated rings. The Kier molecular flexibility index (Phi) is 5.71. The third-order valence-corrected chi connectivity index (χ3v) is 7.60. The van der Waals surface area contributed by atoms with E-state index in [9.17, 15) is 17.2 Å². The molecule has 0 spiro atoms. The highest BCUT2D eigenvalue weighted by Crippen LogP contribution is 2.38. The van der Waals surface area contributed by atoms with Crippen molar-refractivity contribution in [1.29, 1.82) is 0 Å². The predicted molar refractivity (Wildman–Crippen MR) is 113 cm³/mol. The van der Waals surface area contributed by atoms with Crippen molar-refractivity contribution in [3.8, 4) is 0 Å². The molecule has 0 saturated heterocycles. The summed E-state index contributed by atoms with van der Waals surface area (Å²) in [5.41, 5.74) is 1.99. The minimum atomic E-state index is -3.36. The van der Waals surface area contributed by atoms with Crippen LogP contribution in [0.1, 0.15) is 59.2 Å². The van der Waals surface area contributed by atoms with Gasteiger partial charge >= 0.3 is 0 Å². The first-order chi connectivity index (χ1) is 13.3. The van der Waals surface area contributed by atoms with Crippen LogP contribution in [0, 0.1) is 5.92 Å². The number of fused-ring (bicyclic) bond motifs is 1. The molecule has 3 rings (SSSR count). The molecule has 0 aliphatic heterocycles. The highest BCUT2D eigenvalue weighted by molar-refractivity contribution is 7.92. The van der Waals surface area contributed by atoms with Gasteiger partial charge in [-0.2, -0.15) is 0 Å². The summed E-state index contributed by atoms with van der Waals surface area (Å²) in [5, 5.41) is 0. The third kappa shape index (κ3) is 4.57. The van der Waals surface area contributed by atoms with E-state index in [4.69, 9.17) is 4.98 Å². The Morgan fingerprint density at radius 2 is 1.86 bits per heavy atom. The highest BCUT2D eigenvalue weighted by Gasteiger charge is 2.35. The summed E-state index contributed by atoms with van der Waals surface area (Å²) < 4.78 is 55.0. The fourth-order valence-corrected chi connectivity index (χ4v) is 4.79. The summed E-state index contributed by atoms with van der Waals surface area (Å²) >= 11 is 0. The number of imidazole rings is 1. The zero-order valence-corrected chi connectivity index (χ0v) is 18.7. The van der Waals surface area contributed by atoms with Gasteiger partial charge in [-0.1, -0.05) is 20.8 Å². The lowest BCUT2D eigenvalue weighted by atomic mass is 9.86. The molecule has 1 heterocycles. The van der Waals surface area contributed by atoms with Crippen molar-refractivity contribution in [3.05, 3.63) is 24.0 Å². The van der Waals surface area contributed by atoms with Crippen molar-refractivity contribution in [3.63, 3.8) is 0 Å². The maximum absolute atomic E-state index is 13.6. The average molecular weight is 428 g/mol. The van der Waals surface area contributed by atoms with Gasteiger partial charge in [-0.05, 0) is 43.9 Å². The second-order valence-electron chi connectivity index (χ2n) is 9.14. The quantitative estimate of drug-likeness (QED) is 0.679. The van der Waals surface area contributed by atoms with Gasteiger partial charge in [0.15, 0.2) is 0 Å². The lowest BCUT2D eigenvalue weighted by Crippen LogP contribution is -2.28. The topological polar surface area (TPSA) is 55.2 Å². The normalized spacial score (nSPS) is 18.3. The van der Waals surface area contributed by atoms with Gasteiger partial charge < -0.3 is 4.57 Å². The Morgan fingerprint density at radius 3 is 2.41 bits per heavy atom. The first-order valence-electron chi connectivity index (χ1n) is 10.2. The molecular weight excluding hydrogens is 396 g/mol. The van der Waals surface area contributed by atoms with Gasteiger partial charge in [0.2, 0.25) is 15.9 Å². The van der Waals surface area contributed by atoms with Crippen LogP contribution in [0.15, 0.2) is 18.2 Å². The maximum Gasteiger partial charge on any atom is 0.248 e. The number of rotatable bonds is 5. The van der Waals surface area contributed by atoms with Crippen molar-refractivity contribution in [2.75, 3.05) is 17.1 Å². The number of sulfonamides is 1. The van der Waals surface area contributed by atoms with Gasteiger partial charge in [-0.15, -0.1) is 0 Å². The fourth-order valence-electron chi connectivity index (χ4n) is 3.97. The highest BCUT2D eigenvalue weighted by atomic mass is 32.2. The van der Waals surface area contributed by atoms with Gasteiger partial charge in [0.05, 0.1) is 22.5 Å². The van der Waals surface area contributed by atoms with Crippen LogP contribution in [-0.2, 0) is 22.0 Å². The van der Waals surface area contributed by atoms with Crippen LogP contribution in [0.3, 0.4) is 0 Å². The minimum Gasteiger partial charge on any atom is -0.327 e. The van der Waals surface area contributed by atoms with Gasteiger partial charge in [0.25, 0.3) is 0 Å². The Hall–Kier alpha value is -1.70. The molecule has 1 saturated carbocycles. The van der Waals surface area contributed by atoms with E-state index in [0.29, 0.717) is 25.1 Å². The van der Waals surface area contributed by atoms with Crippen LogP contribution in [0.5, 0.6) is 0 Å². The summed E-state index contributed by atoms with van der Waals surface area (Å²) in [4.78, 5) is 4.82. The maximum atomic E-state index is 13.6. The van der Waals surface area contributed by atoms with E-state index in [2.05, 4.69) is 25.3 Å². The lowest BCUT2D eigenvalue weighted by Gasteiger charge is -2.30. The second kappa shape index (κ2) is 7.52. The van der Waals surface area contributed by atoms with Crippen LogP contribution in [0.4, 0.5) is 14.5 Å². The van der Waals surface area contributed by atoms with Crippen LogP contribution >= 0.6 is 0 Å². The van der Waals surface area contributed by atoms with E-state index in [1.165, 1.54) is 4.31 Å². The van der Waals surface area contributed by atoms with E-state index in [1.54, 1.807) is 26.1 Å². The molecule has 8 heteroatoms. The number of aromatic nitrogens is 2. The Labute approximate surface area is 172 Å². The Bertz CT molecular complexity index is 983.